The van der Waals surface area contributed by atoms with Crippen LogP contribution in [0.1, 0.15) is 37.6 Å². The molecule has 0 saturated carbocycles. The van der Waals surface area contributed by atoms with Gasteiger partial charge < -0.3 is 15.7 Å². The van der Waals surface area contributed by atoms with Gasteiger partial charge in [-0.25, -0.2) is 0 Å². The summed E-state index contributed by atoms with van der Waals surface area (Å²) in [4.78, 5) is 14.4. The fraction of sp³-hybridized carbons (Fsp3) is 0.533. The number of amides is 1. The molecule has 0 aromatic heterocycles. The lowest BCUT2D eigenvalue weighted by atomic mass is 9.92. The zero-order valence-electron chi connectivity index (χ0n) is 12.3. The third kappa shape index (κ3) is 4.63. The second-order valence-electron chi connectivity index (χ2n) is 5.76. The van der Waals surface area contributed by atoms with E-state index < -0.39 is 0 Å². The van der Waals surface area contributed by atoms with Gasteiger partial charge in [0.25, 0.3) is 5.91 Å². The van der Waals surface area contributed by atoms with E-state index >= 15 is 0 Å². The Morgan fingerprint density at radius 3 is 2.65 bits per heavy atom. The summed E-state index contributed by atoms with van der Waals surface area (Å²) in [5.41, 5.74) is 5.98. The highest BCUT2D eigenvalue weighted by molar-refractivity contribution is 14.1. The standard InChI is InChI=1S/C15H23IN2O2/c1-4-7-18(10-15(2,3)9-17)14(20)12-8-11(16)5-6-13(12)19/h5-6,8,19H,4,7,9-10,17H2,1-3H3. The lowest BCUT2D eigenvalue weighted by Crippen LogP contribution is -2.42. The number of aromatic hydroxyl groups is 1. The van der Waals surface area contributed by atoms with Gasteiger partial charge >= 0.3 is 0 Å². The monoisotopic (exact) mass is 390 g/mol. The SMILES string of the molecule is CCCN(CC(C)(C)CN)C(=O)c1cc(I)ccc1O. The molecule has 0 saturated heterocycles. The van der Waals surface area contributed by atoms with Crippen LogP contribution in [-0.2, 0) is 0 Å². The summed E-state index contributed by atoms with van der Waals surface area (Å²) in [5, 5.41) is 9.90. The number of carbonyl (C=O) groups excluding carboxylic acids is 1. The molecule has 1 aromatic rings. The molecule has 0 spiro atoms. The molecule has 0 atom stereocenters. The Morgan fingerprint density at radius 2 is 2.10 bits per heavy atom. The van der Waals surface area contributed by atoms with Crippen molar-refractivity contribution in [1.82, 2.24) is 4.90 Å². The molecular formula is C15H23IN2O2. The first-order valence-corrected chi connectivity index (χ1v) is 7.86. The Hall–Kier alpha value is -0.820. The van der Waals surface area contributed by atoms with Gasteiger partial charge in [-0.1, -0.05) is 20.8 Å². The minimum Gasteiger partial charge on any atom is -0.507 e. The van der Waals surface area contributed by atoms with Crippen molar-refractivity contribution in [2.75, 3.05) is 19.6 Å². The van der Waals surface area contributed by atoms with E-state index in [1.165, 1.54) is 0 Å². The van der Waals surface area contributed by atoms with Crippen molar-refractivity contribution in [2.24, 2.45) is 11.1 Å². The van der Waals surface area contributed by atoms with Gasteiger partial charge in [0.1, 0.15) is 5.75 Å². The second kappa shape index (κ2) is 7.26. The molecule has 4 nitrogen and oxygen atoms in total. The lowest BCUT2D eigenvalue weighted by molar-refractivity contribution is 0.0686. The van der Waals surface area contributed by atoms with Crippen LogP contribution in [0.25, 0.3) is 0 Å². The molecule has 0 aliphatic rings. The van der Waals surface area contributed by atoms with Gasteiger partial charge in [0, 0.05) is 16.7 Å². The minimum atomic E-state index is -0.137. The van der Waals surface area contributed by atoms with E-state index in [4.69, 9.17) is 5.73 Å². The van der Waals surface area contributed by atoms with Gasteiger partial charge in [-0.3, -0.25) is 4.79 Å². The number of hydrogen-bond acceptors (Lipinski definition) is 3. The molecule has 1 amide bonds. The number of phenols is 1. The fourth-order valence-electron chi connectivity index (χ4n) is 1.95. The molecule has 20 heavy (non-hydrogen) atoms. The normalized spacial score (nSPS) is 11.4. The van der Waals surface area contributed by atoms with E-state index in [0.717, 1.165) is 9.99 Å². The summed E-state index contributed by atoms with van der Waals surface area (Å²) in [5.74, 6) is -0.105. The number of benzene rings is 1. The smallest absolute Gasteiger partial charge is 0.257 e. The number of nitrogens with two attached hydrogens (primary N) is 1. The van der Waals surface area contributed by atoms with Crippen LogP contribution in [0, 0.1) is 8.99 Å². The quantitative estimate of drug-likeness (QED) is 0.735. The molecule has 0 unspecified atom stereocenters. The molecule has 1 rings (SSSR count). The summed E-state index contributed by atoms with van der Waals surface area (Å²) < 4.78 is 0.929. The minimum absolute atomic E-state index is 0.0297. The van der Waals surface area contributed by atoms with Crippen molar-refractivity contribution < 1.29 is 9.90 Å². The molecule has 0 heterocycles. The van der Waals surface area contributed by atoms with E-state index in [1.54, 1.807) is 23.1 Å². The van der Waals surface area contributed by atoms with Crippen molar-refractivity contribution in [2.45, 2.75) is 27.2 Å². The number of nitrogens with zero attached hydrogens (tertiary/aromatic N) is 1. The van der Waals surface area contributed by atoms with Gasteiger partial charge in [0.05, 0.1) is 5.56 Å². The predicted octanol–water partition coefficient (Wildman–Crippen LogP) is 2.83. The highest BCUT2D eigenvalue weighted by Gasteiger charge is 2.25. The van der Waals surface area contributed by atoms with Gasteiger partial charge in [-0.05, 0) is 59.2 Å². The first-order chi connectivity index (χ1) is 9.30. The van der Waals surface area contributed by atoms with Gasteiger partial charge in [-0.2, -0.15) is 0 Å². The van der Waals surface area contributed by atoms with E-state index in [2.05, 4.69) is 22.6 Å². The fourth-order valence-corrected chi connectivity index (χ4v) is 2.44. The molecule has 5 heteroatoms. The summed E-state index contributed by atoms with van der Waals surface area (Å²) >= 11 is 2.13. The average Bonchev–Trinajstić information content (AvgIpc) is 2.40. The summed E-state index contributed by atoms with van der Waals surface area (Å²) in [7, 11) is 0. The molecule has 112 valence electrons. The first kappa shape index (κ1) is 17.2. The number of carbonyl (C=O) groups is 1. The van der Waals surface area contributed by atoms with Crippen LogP contribution < -0.4 is 5.73 Å². The molecular weight excluding hydrogens is 367 g/mol. The average molecular weight is 390 g/mol. The Morgan fingerprint density at radius 1 is 1.45 bits per heavy atom. The van der Waals surface area contributed by atoms with Gasteiger partial charge in [0.15, 0.2) is 0 Å². The van der Waals surface area contributed by atoms with Crippen LogP contribution in [0.3, 0.4) is 0 Å². The summed E-state index contributed by atoms with van der Waals surface area (Å²) in [6.45, 7) is 7.87. The number of rotatable bonds is 6. The highest BCUT2D eigenvalue weighted by atomic mass is 127. The van der Waals surface area contributed by atoms with Crippen LogP contribution in [0.15, 0.2) is 18.2 Å². The van der Waals surface area contributed by atoms with E-state index in [-0.39, 0.29) is 17.1 Å². The van der Waals surface area contributed by atoms with Gasteiger partial charge in [0.2, 0.25) is 0 Å². The zero-order valence-corrected chi connectivity index (χ0v) is 14.5. The van der Waals surface area contributed by atoms with Crippen molar-refractivity contribution in [3.8, 4) is 5.75 Å². The topological polar surface area (TPSA) is 66.6 Å². The summed E-state index contributed by atoms with van der Waals surface area (Å²) in [6.07, 6.45) is 0.872. The van der Waals surface area contributed by atoms with Crippen LogP contribution in [0.5, 0.6) is 5.75 Å². The van der Waals surface area contributed by atoms with Gasteiger partial charge in [-0.15, -0.1) is 0 Å². The maximum absolute atomic E-state index is 12.6. The molecule has 0 aliphatic carbocycles. The number of phenolic OH excluding ortho intramolecular Hbond substituents is 1. The first-order valence-electron chi connectivity index (χ1n) is 6.78. The molecule has 0 radical (unpaired) electrons. The van der Waals surface area contributed by atoms with Crippen LogP contribution in [0.2, 0.25) is 0 Å². The van der Waals surface area contributed by atoms with E-state index in [9.17, 15) is 9.90 Å². The molecule has 0 fully saturated rings. The maximum Gasteiger partial charge on any atom is 0.257 e. The molecule has 0 aliphatic heterocycles. The Balaban J connectivity index is 3.02. The Kier molecular flexibility index (Phi) is 6.26. The number of hydrogen-bond donors (Lipinski definition) is 2. The van der Waals surface area contributed by atoms with Crippen LogP contribution in [-0.4, -0.2) is 35.5 Å². The third-order valence-corrected chi connectivity index (χ3v) is 3.81. The molecule has 3 N–H and O–H groups in total. The van der Waals surface area contributed by atoms with Crippen molar-refractivity contribution in [3.05, 3.63) is 27.3 Å². The van der Waals surface area contributed by atoms with E-state index in [1.807, 2.05) is 20.8 Å². The lowest BCUT2D eigenvalue weighted by Gasteiger charge is -2.32. The molecule has 1 aromatic carbocycles. The zero-order chi connectivity index (χ0) is 15.3. The van der Waals surface area contributed by atoms with Crippen molar-refractivity contribution >= 4 is 28.5 Å². The van der Waals surface area contributed by atoms with Crippen molar-refractivity contribution in [1.29, 1.82) is 0 Å². The Bertz CT molecular complexity index is 475. The van der Waals surface area contributed by atoms with Crippen molar-refractivity contribution in [3.63, 3.8) is 0 Å². The molecule has 0 bridgehead atoms. The third-order valence-electron chi connectivity index (χ3n) is 3.14. The predicted molar refractivity (Wildman–Crippen MR) is 89.9 cm³/mol. The van der Waals surface area contributed by atoms with Crippen LogP contribution in [0.4, 0.5) is 0 Å². The highest BCUT2D eigenvalue weighted by Crippen LogP contribution is 2.23. The largest absolute Gasteiger partial charge is 0.507 e. The van der Waals surface area contributed by atoms with Crippen LogP contribution >= 0.6 is 22.6 Å². The Labute approximate surface area is 134 Å². The summed E-state index contributed by atoms with van der Waals surface area (Å²) in [6, 6.07) is 5.06. The van der Waals surface area contributed by atoms with E-state index in [0.29, 0.717) is 25.2 Å². The second-order valence-corrected chi connectivity index (χ2v) is 7.00. The maximum atomic E-state index is 12.6. The number of halogens is 1.